The van der Waals surface area contributed by atoms with E-state index in [0.717, 1.165) is 6.07 Å². The highest BCUT2D eigenvalue weighted by Crippen LogP contribution is 2.37. The predicted molar refractivity (Wildman–Crippen MR) is 142 cm³/mol. The molecule has 0 unspecified atom stereocenters. The van der Waals surface area contributed by atoms with Crippen molar-refractivity contribution in [2.75, 3.05) is 4.72 Å². The molecule has 2 heterocycles. The van der Waals surface area contributed by atoms with E-state index in [4.69, 9.17) is 23.2 Å². The van der Waals surface area contributed by atoms with Crippen molar-refractivity contribution in [3.63, 3.8) is 0 Å². The van der Waals surface area contributed by atoms with Gasteiger partial charge in [-0.2, -0.15) is 10.2 Å². The number of nitrogens with zero attached hydrogens (tertiary/aromatic N) is 5. The van der Waals surface area contributed by atoms with Crippen molar-refractivity contribution in [2.45, 2.75) is 30.0 Å². The van der Waals surface area contributed by atoms with Crippen molar-refractivity contribution in [1.29, 1.82) is 0 Å². The first-order valence-corrected chi connectivity index (χ1v) is 13.7. The van der Waals surface area contributed by atoms with Crippen molar-refractivity contribution in [3.8, 4) is 0 Å². The Morgan fingerprint density at radius 2 is 1.82 bits per heavy atom. The number of aromatic nitrogens is 5. The molecule has 39 heavy (non-hydrogen) atoms. The Balaban J connectivity index is 1.50. The molecule has 2 N–H and O–H groups in total. The molecule has 0 spiro atoms. The number of hydrogen-bond acceptors (Lipinski definition) is 6. The van der Waals surface area contributed by atoms with Gasteiger partial charge in [0, 0.05) is 38.9 Å². The molecular formula is C25H20Cl2F2N6O3S. The number of hydrogen-bond donors (Lipinski definition) is 2. The van der Waals surface area contributed by atoms with Gasteiger partial charge in [-0.05, 0) is 49.4 Å². The van der Waals surface area contributed by atoms with Crippen LogP contribution in [-0.2, 0) is 22.2 Å². The standard InChI is InChI=1S/C25H20Cl2F2N6O3S/c1-15(25(36,12-34-14-30-13-31-34)22-4-2-19(28)10-23(22)29)35-11-16-6-20(3-5-24(16)32-35)33-39(37,38)21-8-17(26)7-18(27)9-21/h2-11,13-15,33,36H,12H2,1H3/t15-,25-/m1/s1. The van der Waals surface area contributed by atoms with E-state index in [-0.39, 0.29) is 32.7 Å². The van der Waals surface area contributed by atoms with Crippen LogP contribution in [-0.4, -0.2) is 38.1 Å². The van der Waals surface area contributed by atoms with Crippen molar-refractivity contribution in [2.24, 2.45) is 0 Å². The highest BCUT2D eigenvalue weighted by molar-refractivity contribution is 7.92. The molecule has 2 atom stereocenters. The Morgan fingerprint density at radius 3 is 2.49 bits per heavy atom. The molecule has 0 radical (unpaired) electrons. The fourth-order valence-electron chi connectivity index (χ4n) is 4.27. The van der Waals surface area contributed by atoms with Gasteiger partial charge in [0.2, 0.25) is 0 Å². The summed E-state index contributed by atoms with van der Waals surface area (Å²) < 4.78 is 59.6. The minimum absolute atomic E-state index is 0.107. The summed E-state index contributed by atoms with van der Waals surface area (Å²) in [5.41, 5.74) is -1.35. The average Bonchev–Trinajstić information content (AvgIpc) is 3.52. The monoisotopic (exact) mass is 592 g/mol. The van der Waals surface area contributed by atoms with Gasteiger partial charge in [-0.25, -0.2) is 26.9 Å². The summed E-state index contributed by atoms with van der Waals surface area (Å²) >= 11 is 11.9. The summed E-state index contributed by atoms with van der Waals surface area (Å²) in [5, 5.41) is 21.2. The van der Waals surface area contributed by atoms with Gasteiger partial charge in [-0.1, -0.05) is 29.3 Å². The molecule has 0 aliphatic rings. The van der Waals surface area contributed by atoms with Crippen LogP contribution in [0.4, 0.5) is 14.5 Å². The smallest absolute Gasteiger partial charge is 0.261 e. The van der Waals surface area contributed by atoms with Crippen LogP contribution >= 0.6 is 23.2 Å². The fraction of sp³-hybridized carbons (Fsp3) is 0.160. The van der Waals surface area contributed by atoms with Crippen LogP contribution in [0.2, 0.25) is 10.0 Å². The maximum atomic E-state index is 14.9. The van der Waals surface area contributed by atoms with Crippen LogP contribution in [0.3, 0.4) is 0 Å². The van der Waals surface area contributed by atoms with E-state index in [1.165, 1.54) is 52.4 Å². The summed E-state index contributed by atoms with van der Waals surface area (Å²) in [6.07, 6.45) is 4.22. The summed E-state index contributed by atoms with van der Waals surface area (Å²) in [6.45, 7) is 1.41. The highest BCUT2D eigenvalue weighted by atomic mass is 35.5. The Kier molecular flexibility index (Phi) is 7.06. The van der Waals surface area contributed by atoms with Gasteiger partial charge in [0.05, 0.1) is 23.0 Å². The van der Waals surface area contributed by atoms with E-state index in [9.17, 15) is 22.3 Å². The van der Waals surface area contributed by atoms with Crippen molar-refractivity contribution >= 4 is 49.8 Å². The van der Waals surface area contributed by atoms with E-state index in [2.05, 4.69) is 19.9 Å². The molecule has 202 valence electrons. The van der Waals surface area contributed by atoms with Gasteiger partial charge in [-0.15, -0.1) is 0 Å². The zero-order chi connectivity index (χ0) is 27.9. The van der Waals surface area contributed by atoms with Crippen molar-refractivity contribution < 1.29 is 22.3 Å². The SMILES string of the molecule is C[C@@H](n1cc2cc(NS(=O)(=O)c3cc(Cl)cc(Cl)c3)ccc2n1)[C@](O)(Cn1cncn1)c1ccc(F)cc1F. The molecule has 0 bridgehead atoms. The molecule has 0 aliphatic heterocycles. The third kappa shape index (κ3) is 5.46. The topological polar surface area (TPSA) is 115 Å². The first-order valence-electron chi connectivity index (χ1n) is 11.4. The molecule has 3 aromatic carbocycles. The molecule has 2 aromatic heterocycles. The van der Waals surface area contributed by atoms with E-state index in [0.29, 0.717) is 17.0 Å². The Morgan fingerprint density at radius 1 is 1.08 bits per heavy atom. The molecule has 0 saturated heterocycles. The number of fused-ring (bicyclic) bond motifs is 1. The molecule has 5 aromatic rings. The quantitative estimate of drug-likeness (QED) is 0.257. The minimum atomic E-state index is -4.01. The molecule has 0 aliphatic carbocycles. The van der Waals surface area contributed by atoms with Gasteiger partial charge in [0.1, 0.15) is 29.9 Å². The van der Waals surface area contributed by atoms with Crippen LogP contribution in [0.1, 0.15) is 18.5 Å². The highest BCUT2D eigenvalue weighted by Gasteiger charge is 2.41. The normalized spacial score (nSPS) is 14.3. The lowest BCUT2D eigenvalue weighted by molar-refractivity contribution is -0.0366. The second kappa shape index (κ2) is 10.2. The Labute approximate surface area is 231 Å². The van der Waals surface area contributed by atoms with Gasteiger partial charge >= 0.3 is 0 Å². The van der Waals surface area contributed by atoms with E-state index in [1.807, 2.05) is 0 Å². The first-order chi connectivity index (χ1) is 18.4. The first kappa shape index (κ1) is 27.0. The number of aliphatic hydroxyl groups is 1. The Bertz CT molecular complexity index is 1760. The number of halogens is 4. The van der Waals surface area contributed by atoms with Gasteiger partial charge in [0.15, 0.2) is 0 Å². The van der Waals surface area contributed by atoms with Gasteiger partial charge in [-0.3, -0.25) is 9.40 Å². The molecular weight excluding hydrogens is 573 g/mol. The number of sulfonamides is 1. The third-order valence-corrected chi connectivity index (χ3v) is 8.07. The fourth-order valence-corrected chi connectivity index (χ4v) is 6.04. The largest absolute Gasteiger partial charge is 0.381 e. The second-order valence-electron chi connectivity index (χ2n) is 8.91. The summed E-state index contributed by atoms with van der Waals surface area (Å²) in [6, 6.07) is 10.7. The zero-order valence-corrected chi connectivity index (χ0v) is 22.5. The van der Waals surface area contributed by atoms with Crippen molar-refractivity contribution in [1.82, 2.24) is 24.5 Å². The average molecular weight is 593 g/mol. The lowest BCUT2D eigenvalue weighted by Crippen LogP contribution is -2.40. The lowest BCUT2D eigenvalue weighted by atomic mass is 9.86. The van der Waals surface area contributed by atoms with Crippen molar-refractivity contribution in [3.05, 3.63) is 101 Å². The zero-order valence-electron chi connectivity index (χ0n) is 20.1. The molecule has 9 nitrogen and oxygen atoms in total. The van der Waals surface area contributed by atoms with Gasteiger partial charge in [0.25, 0.3) is 10.0 Å². The summed E-state index contributed by atoms with van der Waals surface area (Å²) in [4.78, 5) is 3.76. The predicted octanol–water partition coefficient (Wildman–Crippen LogP) is 5.16. The van der Waals surface area contributed by atoms with Crippen LogP contribution in [0, 0.1) is 11.6 Å². The van der Waals surface area contributed by atoms with Crippen LogP contribution in [0.5, 0.6) is 0 Å². The molecule has 14 heteroatoms. The molecule has 0 fully saturated rings. The van der Waals surface area contributed by atoms with Crippen LogP contribution in [0.25, 0.3) is 10.9 Å². The van der Waals surface area contributed by atoms with E-state index < -0.39 is 33.3 Å². The summed E-state index contributed by atoms with van der Waals surface area (Å²) in [5.74, 6) is -1.72. The Hall–Kier alpha value is -3.58. The van der Waals surface area contributed by atoms with E-state index in [1.54, 1.807) is 25.3 Å². The third-order valence-electron chi connectivity index (χ3n) is 6.28. The molecule has 5 rings (SSSR count). The number of benzene rings is 3. The maximum absolute atomic E-state index is 14.9. The maximum Gasteiger partial charge on any atom is 0.261 e. The number of rotatable bonds is 8. The number of anilines is 1. The molecule has 0 amide bonds. The second-order valence-corrected chi connectivity index (χ2v) is 11.5. The molecule has 0 saturated carbocycles. The van der Waals surface area contributed by atoms with Gasteiger partial charge < -0.3 is 5.11 Å². The van der Waals surface area contributed by atoms with Crippen LogP contribution < -0.4 is 4.72 Å². The lowest BCUT2D eigenvalue weighted by Gasteiger charge is -2.34. The minimum Gasteiger partial charge on any atom is -0.381 e. The van der Waals surface area contributed by atoms with Crippen LogP contribution in [0.15, 0.2) is 78.3 Å². The number of nitrogens with one attached hydrogen (secondary N) is 1. The van der Waals surface area contributed by atoms with E-state index >= 15 is 0 Å². The summed E-state index contributed by atoms with van der Waals surface area (Å²) in [7, 11) is -4.01.